The number of esters is 2. The summed E-state index contributed by atoms with van der Waals surface area (Å²) < 4.78 is 24.8. The Balaban J connectivity index is 2.52. The van der Waals surface area contributed by atoms with E-state index in [-0.39, 0.29) is 12.2 Å². The van der Waals surface area contributed by atoms with Gasteiger partial charge in [0.25, 0.3) is 6.10 Å². The SMILES string of the molecule is C=C(CC1OCC=CCO1)OC(C(=O)OC)C(=O)OC. The van der Waals surface area contributed by atoms with E-state index in [2.05, 4.69) is 16.1 Å². The summed E-state index contributed by atoms with van der Waals surface area (Å²) in [5, 5.41) is 0. The van der Waals surface area contributed by atoms with Gasteiger partial charge in [0.05, 0.1) is 39.6 Å². The molecule has 0 radical (unpaired) electrons. The number of hydrogen-bond acceptors (Lipinski definition) is 7. The number of carbonyl (C=O) groups is 2. The smallest absolute Gasteiger partial charge is 0.358 e. The van der Waals surface area contributed by atoms with Crippen LogP contribution in [0, 0.1) is 0 Å². The van der Waals surface area contributed by atoms with Crippen LogP contribution in [0.25, 0.3) is 0 Å². The maximum absolute atomic E-state index is 11.4. The molecule has 1 aliphatic heterocycles. The molecule has 0 aromatic rings. The van der Waals surface area contributed by atoms with Crippen molar-refractivity contribution in [1.29, 1.82) is 0 Å². The van der Waals surface area contributed by atoms with Gasteiger partial charge >= 0.3 is 11.9 Å². The summed E-state index contributed by atoms with van der Waals surface area (Å²) in [7, 11) is 2.29. The fourth-order valence-electron chi connectivity index (χ4n) is 1.44. The first-order valence-electron chi connectivity index (χ1n) is 5.96. The molecule has 0 unspecified atom stereocenters. The fourth-order valence-corrected chi connectivity index (χ4v) is 1.44. The third-order valence-corrected chi connectivity index (χ3v) is 2.43. The second-order valence-corrected chi connectivity index (χ2v) is 3.85. The number of methoxy groups -OCH3 is 2. The molecule has 112 valence electrons. The molecular formula is C13H18O7. The second-order valence-electron chi connectivity index (χ2n) is 3.85. The van der Waals surface area contributed by atoms with Crippen molar-refractivity contribution in [2.75, 3.05) is 27.4 Å². The van der Waals surface area contributed by atoms with E-state index in [1.165, 1.54) is 0 Å². The lowest BCUT2D eigenvalue weighted by Gasteiger charge is -2.20. The lowest BCUT2D eigenvalue weighted by molar-refractivity contribution is -0.169. The summed E-state index contributed by atoms with van der Waals surface area (Å²) in [5.74, 6) is -1.55. The minimum atomic E-state index is -1.50. The molecule has 0 aromatic carbocycles. The normalized spacial score (nSPS) is 15.6. The van der Waals surface area contributed by atoms with Crippen LogP contribution in [-0.2, 0) is 33.3 Å². The molecule has 0 N–H and O–H groups in total. The number of carbonyl (C=O) groups excluding carboxylic acids is 2. The highest BCUT2D eigenvalue weighted by atomic mass is 16.7. The Morgan fingerprint density at radius 1 is 1.20 bits per heavy atom. The summed E-state index contributed by atoms with van der Waals surface area (Å²) in [4.78, 5) is 22.9. The van der Waals surface area contributed by atoms with Crippen molar-refractivity contribution in [3.63, 3.8) is 0 Å². The number of hydrogen-bond donors (Lipinski definition) is 0. The molecule has 1 heterocycles. The molecule has 20 heavy (non-hydrogen) atoms. The first kappa shape index (κ1) is 16.2. The zero-order valence-electron chi connectivity index (χ0n) is 11.5. The lowest BCUT2D eigenvalue weighted by atomic mass is 10.3. The van der Waals surface area contributed by atoms with Crippen LogP contribution in [0.5, 0.6) is 0 Å². The van der Waals surface area contributed by atoms with E-state index in [0.29, 0.717) is 13.2 Å². The van der Waals surface area contributed by atoms with E-state index < -0.39 is 24.3 Å². The van der Waals surface area contributed by atoms with Crippen molar-refractivity contribution >= 4 is 11.9 Å². The third kappa shape index (κ3) is 5.02. The maximum Gasteiger partial charge on any atom is 0.358 e. The van der Waals surface area contributed by atoms with E-state index in [4.69, 9.17) is 14.2 Å². The first-order valence-corrected chi connectivity index (χ1v) is 5.96. The Kier molecular flexibility index (Phi) is 6.75. The van der Waals surface area contributed by atoms with Crippen molar-refractivity contribution < 1.29 is 33.3 Å². The molecule has 7 heteroatoms. The molecule has 0 saturated carbocycles. The number of rotatable bonds is 6. The van der Waals surface area contributed by atoms with Crippen LogP contribution in [0.15, 0.2) is 24.5 Å². The van der Waals surface area contributed by atoms with Crippen LogP contribution >= 0.6 is 0 Å². The predicted molar refractivity (Wildman–Crippen MR) is 67.5 cm³/mol. The van der Waals surface area contributed by atoms with Gasteiger partial charge in [-0.25, -0.2) is 9.59 Å². The van der Waals surface area contributed by atoms with E-state index in [9.17, 15) is 9.59 Å². The molecule has 0 spiro atoms. The van der Waals surface area contributed by atoms with Gasteiger partial charge < -0.3 is 23.7 Å². The lowest BCUT2D eigenvalue weighted by Crippen LogP contribution is -2.35. The van der Waals surface area contributed by atoms with Crippen molar-refractivity contribution in [2.24, 2.45) is 0 Å². The summed E-state index contributed by atoms with van der Waals surface area (Å²) >= 11 is 0. The van der Waals surface area contributed by atoms with E-state index >= 15 is 0 Å². The van der Waals surface area contributed by atoms with Gasteiger partial charge in [-0.2, -0.15) is 0 Å². The van der Waals surface area contributed by atoms with Crippen molar-refractivity contribution in [1.82, 2.24) is 0 Å². The molecule has 1 aliphatic rings. The highest BCUT2D eigenvalue weighted by Crippen LogP contribution is 2.15. The zero-order valence-corrected chi connectivity index (χ0v) is 11.5. The van der Waals surface area contributed by atoms with Crippen LogP contribution in [0.2, 0.25) is 0 Å². The van der Waals surface area contributed by atoms with Gasteiger partial charge in [-0.05, 0) is 0 Å². The minimum Gasteiger partial charge on any atom is -0.472 e. The van der Waals surface area contributed by atoms with Gasteiger partial charge in [0.2, 0.25) is 0 Å². The molecule has 0 saturated heterocycles. The van der Waals surface area contributed by atoms with E-state index in [1.54, 1.807) is 0 Å². The molecular weight excluding hydrogens is 268 g/mol. The fraction of sp³-hybridized carbons (Fsp3) is 0.538. The van der Waals surface area contributed by atoms with Crippen molar-refractivity contribution in [3.8, 4) is 0 Å². The molecule has 7 nitrogen and oxygen atoms in total. The Labute approximate surface area is 117 Å². The molecule has 0 aromatic heterocycles. The molecule has 0 bridgehead atoms. The molecule has 1 rings (SSSR count). The average Bonchev–Trinajstić information content (AvgIpc) is 2.71. The van der Waals surface area contributed by atoms with Gasteiger partial charge in [0, 0.05) is 0 Å². The second kappa shape index (κ2) is 8.34. The minimum absolute atomic E-state index is 0.165. The molecule has 0 atom stereocenters. The van der Waals surface area contributed by atoms with Crippen molar-refractivity contribution in [3.05, 3.63) is 24.5 Å². The van der Waals surface area contributed by atoms with Crippen LogP contribution in [-0.4, -0.2) is 51.8 Å². The van der Waals surface area contributed by atoms with Crippen molar-refractivity contribution in [2.45, 2.75) is 18.8 Å². The molecule has 0 fully saturated rings. The van der Waals surface area contributed by atoms with Gasteiger partial charge in [-0.3, -0.25) is 0 Å². The Hall–Kier alpha value is -1.86. The van der Waals surface area contributed by atoms with Gasteiger partial charge in [0.15, 0.2) is 6.29 Å². The summed E-state index contributed by atoms with van der Waals surface area (Å²) in [6.07, 6.45) is 1.80. The van der Waals surface area contributed by atoms with Crippen LogP contribution in [0.4, 0.5) is 0 Å². The van der Waals surface area contributed by atoms with Gasteiger partial charge in [-0.15, -0.1) is 0 Å². The van der Waals surface area contributed by atoms with Crippen LogP contribution < -0.4 is 0 Å². The summed E-state index contributed by atoms with van der Waals surface area (Å²) in [6, 6.07) is 0. The van der Waals surface area contributed by atoms with E-state index in [0.717, 1.165) is 14.2 Å². The van der Waals surface area contributed by atoms with Crippen LogP contribution in [0.1, 0.15) is 6.42 Å². The first-order chi connectivity index (χ1) is 9.58. The van der Waals surface area contributed by atoms with Gasteiger partial charge in [-0.1, -0.05) is 18.7 Å². The zero-order chi connectivity index (χ0) is 15.0. The Morgan fingerprint density at radius 3 is 2.15 bits per heavy atom. The third-order valence-electron chi connectivity index (χ3n) is 2.43. The van der Waals surface area contributed by atoms with Crippen LogP contribution in [0.3, 0.4) is 0 Å². The molecule has 0 amide bonds. The topological polar surface area (TPSA) is 80.3 Å². The number of ether oxygens (including phenoxy) is 5. The standard InChI is InChI=1S/C13H18O7/c1-9(8-10-18-6-4-5-7-19-10)20-11(12(14)16-2)13(15)17-3/h4-5,10-11H,1,6-8H2,2-3H3. The average molecular weight is 286 g/mol. The highest BCUT2D eigenvalue weighted by Gasteiger charge is 2.31. The Morgan fingerprint density at radius 2 is 1.70 bits per heavy atom. The quantitative estimate of drug-likeness (QED) is 0.305. The van der Waals surface area contributed by atoms with E-state index in [1.807, 2.05) is 12.2 Å². The highest BCUT2D eigenvalue weighted by molar-refractivity contribution is 5.98. The molecule has 0 aliphatic carbocycles. The predicted octanol–water partition coefficient (Wildman–Crippen LogP) is 0.550. The Bertz CT molecular complexity index is 362. The maximum atomic E-state index is 11.4. The summed E-state index contributed by atoms with van der Waals surface area (Å²) in [6.45, 7) is 4.46. The monoisotopic (exact) mass is 286 g/mol. The summed E-state index contributed by atoms with van der Waals surface area (Å²) in [5.41, 5.74) is 0. The van der Waals surface area contributed by atoms with Gasteiger partial charge in [0.1, 0.15) is 0 Å². The largest absolute Gasteiger partial charge is 0.472 e.